The van der Waals surface area contributed by atoms with Gasteiger partial charge in [0.2, 0.25) is 11.8 Å². The van der Waals surface area contributed by atoms with Crippen LogP contribution in [0, 0.1) is 16.7 Å². The van der Waals surface area contributed by atoms with E-state index in [2.05, 4.69) is 16.0 Å². The van der Waals surface area contributed by atoms with Crippen LogP contribution >= 0.6 is 23.2 Å². The summed E-state index contributed by atoms with van der Waals surface area (Å²) in [7, 11) is 1.23. The lowest BCUT2D eigenvalue weighted by Gasteiger charge is -2.40. The lowest BCUT2D eigenvalue weighted by molar-refractivity contribution is -0.147. The minimum atomic E-state index is -1.16. The number of nitrogens with one attached hydrogen (secondary N) is 3. The van der Waals surface area contributed by atoms with Crippen LogP contribution in [0.25, 0.3) is 0 Å². The number of methoxy groups -OCH3 is 1. The van der Waals surface area contributed by atoms with E-state index in [1.165, 1.54) is 7.11 Å². The predicted octanol–water partition coefficient (Wildman–Crippen LogP) is 4.09. The van der Waals surface area contributed by atoms with Crippen molar-refractivity contribution in [2.24, 2.45) is 16.7 Å². The molecule has 10 nitrogen and oxygen atoms in total. The molecule has 1 saturated carbocycles. The molecule has 3 atom stereocenters. The standard InChI is InChI=1S/C29H33Cl2N3O7/c1-28(2)18(12-13-29(28,3)27(40)32-15-22(35)36)24(37)34-21(26(39)41-4)14-16-8-10-17(11-9-16)33-25(38)23-19(30)6-5-7-20(23)31/h5-11,18,21H,12-15H2,1-4H3,(H,32,40)(H,33,38)(H,34,37)(H,35,36)/t18-,21?,29+/m1/s1. The van der Waals surface area contributed by atoms with E-state index in [-0.39, 0.29) is 22.0 Å². The van der Waals surface area contributed by atoms with Gasteiger partial charge in [0.05, 0.1) is 28.1 Å². The van der Waals surface area contributed by atoms with Crippen molar-refractivity contribution in [1.29, 1.82) is 0 Å². The van der Waals surface area contributed by atoms with Crippen LogP contribution in [0.1, 0.15) is 49.5 Å². The number of amides is 3. The molecule has 41 heavy (non-hydrogen) atoms. The minimum Gasteiger partial charge on any atom is -0.480 e. The van der Waals surface area contributed by atoms with Crippen LogP contribution in [0.4, 0.5) is 5.69 Å². The van der Waals surface area contributed by atoms with Crippen LogP contribution < -0.4 is 16.0 Å². The quantitative estimate of drug-likeness (QED) is 0.298. The molecule has 1 unspecified atom stereocenters. The number of hydrogen-bond donors (Lipinski definition) is 4. The molecule has 3 amide bonds. The Morgan fingerprint density at radius 3 is 2.20 bits per heavy atom. The van der Waals surface area contributed by atoms with E-state index < -0.39 is 59.0 Å². The number of ether oxygens (including phenoxy) is 1. The van der Waals surface area contributed by atoms with E-state index in [1.54, 1.807) is 63.2 Å². The lowest BCUT2D eigenvalue weighted by atomic mass is 9.65. The number of rotatable bonds is 10. The highest BCUT2D eigenvalue weighted by atomic mass is 35.5. The van der Waals surface area contributed by atoms with Gasteiger partial charge >= 0.3 is 11.9 Å². The molecule has 0 aliphatic heterocycles. The van der Waals surface area contributed by atoms with Crippen LogP contribution in [0.15, 0.2) is 42.5 Å². The number of anilines is 1. The van der Waals surface area contributed by atoms with Crippen LogP contribution in [0.2, 0.25) is 10.0 Å². The second-order valence-electron chi connectivity index (χ2n) is 10.8. The maximum atomic E-state index is 13.4. The van der Waals surface area contributed by atoms with Crippen LogP contribution in [-0.4, -0.2) is 54.5 Å². The topological polar surface area (TPSA) is 151 Å². The number of halogens is 2. The Morgan fingerprint density at radius 1 is 1.02 bits per heavy atom. The fourth-order valence-electron chi connectivity index (χ4n) is 5.19. The van der Waals surface area contributed by atoms with E-state index in [1.807, 2.05) is 0 Å². The van der Waals surface area contributed by atoms with Crippen molar-refractivity contribution in [3.63, 3.8) is 0 Å². The van der Waals surface area contributed by atoms with Gasteiger partial charge in [-0.15, -0.1) is 0 Å². The van der Waals surface area contributed by atoms with Gasteiger partial charge in [-0.05, 0) is 48.1 Å². The molecule has 220 valence electrons. The highest BCUT2D eigenvalue weighted by Crippen LogP contribution is 2.56. The third-order valence-corrected chi connectivity index (χ3v) is 8.72. The Hall–Kier alpha value is -3.63. The van der Waals surface area contributed by atoms with E-state index in [0.29, 0.717) is 24.1 Å². The van der Waals surface area contributed by atoms with E-state index in [4.69, 9.17) is 33.0 Å². The number of carboxylic acids is 1. The molecule has 12 heteroatoms. The molecular weight excluding hydrogens is 573 g/mol. The summed E-state index contributed by atoms with van der Waals surface area (Å²) in [4.78, 5) is 62.5. The molecule has 1 aliphatic carbocycles. The highest BCUT2D eigenvalue weighted by molar-refractivity contribution is 6.40. The molecule has 1 fully saturated rings. The summed E-state index contributed by atoms with van der Waals surface area (Å²) in [6.07, 6.45) is 0.874. The molecule has 0 radical (unpaired) electrons. The zero-order valence-corrected chi connectivity index (χ0v) is 24.7. The Balaban J connectivity index is 1.70. The van der Waals surface area contributed by atoms with E-state index >= 15 is 0 Å². The monoisotopic (exact) mass is 605 g/mol. The van der Waals surface area contributed by atoms with Crippen molar-refractivity contribution in [2.45, 2.75) is 46.1 Å². The number of carbonyl (C=O) groups is 5. The summed E-state index contributed by atoms with van der Waals surface area (Å²) >= 11 is 12.2. The van der Waals surface area contributed by atoms with E-state index in [0.717, 1.165) is 0 Å². The van der Waals surface area contributed by atoms with Gasteiger partial charge in [-0.2, -0.15) is 0 Å². The fourth-order valence-corrected chi connectivity index (χ4v) is 5.76. The highest BCUT2D eigenvalue weighted by Gasteiger charge is 2.58. The third kappa shape index (κ3) is 7.00. The first-order valence-electron chi connectivity index (χ1n) is 12.9. The summed E-state index contributed by atoms with van der Waals surface area (Å²) in [5.74, 6) is -3.72. The van der Waals surface area contributed by atoms with Gasteiger partial charge in [0, 0.05) is 18.0 Å². The van der Waals surface area contributed by atoms with Crippen molar-refractivity contribution in [2.75, 3.05) is 19.0 Å². The summed E-state index contributed by atoms with van der Waals surface area (Å²) in [6.45, 7) is 4.79. The first-order valence-corrected chi connectivity index (χ1v) is 13.7. The van der Waals surface area contributed by atoms with Gasteiger partial charge in [0.25, 0.3) is 5.91 Å². The number of carboxylic acid groups (broad SMARTS) is 1. The largest absolute Gasteiger partial charge is 0.480 e. The average Bonchev–Trinajstić information content (AvgIpc) is 3.16. The maximum Gasteiger partial charge on any atom is 0.328 e. The Kier molecular flexibility index (Phi) is 10.0. The van der Waals surface area contributed by atoms with Crippen molar-refractivity contribution in [3.05, 3.63) is 63.6 Å². The van der Waals surface area contributed by atoms with Gasteiger partial charge in [-0.1, -0.05) is 62.2 Å². The average molecular weight is 607 g/mol. The molecule has 2 aromatic rings. The van der Waals surface area contributed by atoms with Crippen molar-refractivity contribution in [3.8, 4) is 0 Å². The maximum absolute atomic E-state index is 13.4. The van der Waals surface area contributed by atoms with Gasteiger partial charge in [-0.25, -0.2) is 4.79 Å². The SMILES string of the molecule is COC(=O)C(Cc1ccc(NC(=O)c2c(Cl)cccc2Cl)cc1)NC(=O)[C@H]1CC[C@@](C)(C(=O)NCC(=O)O)C1(C)C. The first-order chi connectivity index (χ1) is 19.2. The summed E-state index contributed by atoms with van der Waals surface area (Å²) in [5.41, 5.74) is -0.497. The second kappa shape index (κ2) is 12.9. The molecule has 0 spiro atoms. The van der Waals surface area contributed by atoms with Gasteiger partial charge in [0.15, 0.2) is 0 Å². The predicted molar refractivity (Wildman–Crippen MR) is 154 cm³/mol. The van der Waals surface area contributed by atoms with Gasteiger partial charge < -0.3 is 25.8 Å². The zero-order valence-electron chi connectivity index (χ0n) is 23.2. The molecule has 1 aliphatic rings. The fraction of sp³-hybridized carbons (Fsp3) is 0.414. The molecule has 0 aromatic heterocycles. The van der Waals surface area contributed by atoms with E-state index in [9.17, 15) is 24.0 Å². The van der Waals surface area contributed by atoms with Gasteiger partial charge in [0.1, 0.15) is 12.6 Å². The number of aliphatic carboxylic acids is 1. The normalized spacial score (nSPS) is 20.0. The van der Waals surface area contributed by atoms with Gasteiger partial charge in [-0.3, -0.25) is 19.2 Å². The number of benzene rings is 2. The number of carbonyl (C=O) groups excluding carboxylic acids is 4. The number of hydrogen-bond acceptors (Lipinski definition) is 6. The molecule has 2 aromatic carbocycles. The Labute approximate surface area is 248 Å². The van der Waals surface area contributed by atoms with Crippen LogP contribution in [-0.2, 0) is 30.3 Å². The Bertz CT molecular complexity index is 1330. The van der Waals surface area contributed by atoms with Crippen LogP contribution in [0.3, 0.4) is 0 Å². The molecule has 0 bridgehead atoms. The molecule has 0 saturated heterocycles. The lowest BCUT2D eigenvalue weighted by Crippen LogP contribution is -2.52. The number of esters is 1. The first kappa shape index (κ1) is 31.9. The smallest absolute Gasteiger partial charge is 0.328 e. The third-order valence-electron chi connectivity index (χ3n) is 8.09. The molecular formula is C29H33Cl2N3O7. The summed E-state index contributed by atoms with van der Waals surface area (Å²) in [6, 6.07) is 10.5. The van der Waals surface area contributed by atoms with Crippen LogP contribution in [0.5, 0.6) is 0 Å². The van der Waals surface area contributed by atoms with Crippen molar-refractivity contribution in [1.82, 2.24) is 10.6 Å². The summed E-state index contributed by atoms with van der Waals surface area (Å²) in [5, 5.41) is 17.3. The Morgan fingerprint density at radius 2 is 1.63 bits per heavy atom. The molecule has 4 N–H and O–H groups in total. The molecule has 0 heterocycles. The van der Waals surface area contributed by atoms with Crippen molar-refractivity contribution >= 4 is 58.5 Å². The van der Waals surface area contributed by atoms with Crippen molar-refractivity contribution < 1.29 is 33.8 Å². The molecule has 3 rings (SSSR count). The second-order valence-corrected chi connectivity index (χ2v) is 11.6. The minimum absolute atomic E-state index is 0.118. The summed E-state index contributed by atoms with van der Waals surface area (Å²) < 4.78 is 4.93. The zero-order chi connectivity index (χ0) is 30.5.